The van der Waals surface area contributed by atoms with Crippen LogP contribution in [-0.2, 0) is 0 Å². The smallest absolute Gasteiger partial charge is 0.323 e. The maximum absolute atomic E-state index is 10.2. The van der Waals surface area contributed by atoms with Gasteiger partial charge in [-0.25, -0.2) is 9.69 Å². The number of carbonyl (C=O) groups excluding carboxylic acids is 1. The number of urea groups is 1. The lowest BCUT2D eigenvalue weighted by atomic mass is 10.7. The molecular weight excluding hydrogens is 156 g/mol. The summed E-state index contributed by atoms with van der Waals surface area (Å²) in [7, 11) is 0. The molecule has 0 saturated heterocycles. The Morgan fingerprint density at radius 2 is 1.91 bits per heavy atom. The number of hydrogen-bond donors (Lipinski definition) is 5. The molecule has 0 radical (unpaired) electrons. The van der Waals surface area contributed by atoms with E-state index in [2.05, 4.69) is 5.73 Å². The van der Waals surface area contributed by atoms with E-state index in [9.17, 15) is 4.79 Å². The maximum Gasteiger partial charge on any atom is 0.323 e. The van der Waals surface area contributed by atoms with E-state index >= 15 is 0 Å². The minimum Gasteiger partial charge on any atom is -0.480 e. The van der Waals surface area contributed by atoms with Crippen molar-refractivity contribution in [3.05, 3.63) is 12.1 Å². The van der Waals surface area contributed by atoms with Crippen LogP contribution in [0, 0.1) is 0 Å². The van der Waals surface area contributed by atoms with Crippen molar-refractivity contribution in [3.63, 3.8) is 0 Å². The van der Waals surface area contributed by atoms with E-state index in [0.717, 1.165) is 0 Å². The van der Waals surface area contributed by atoms with Gasteiger partial charge in [-0.2, -0.15) is 0 Å². The number of aliphatic hydroxyl groups excluding tert-OH is 2. The summed E-state index contributed by atoms with van der Waals surface area (Å²) in [6.07, 6.45) is -1.82. The van der Waals surface area contributed by atoms with Crippen molar-refractivity contribution in [2.24, 2.45) is 5.73 Å². The number of amides is 2. The third-order valence-corrected chi connectivity index (χ3v) is 0.758. The summed E-state index contributed by atoms with van der Waals surface area (Å²) in [6, 6.07) is -1.22. The average Bonchev–Trinajstić information content (AvgIpc) is 1.81. The van der Waals surface area contributed by atoms with Gasteiger partial charge in [0.1, 0.15) is 0 Å². The first-order valence-electron chi connectivity index (χ1n) is 2.49. The second kappa shape index (κ2) is 3.64. The lowest BCUT2D eigenvalue weighted by Crippen LogP contribution is -2.39. The maximum atomic E-state index is 10.2. The van der Waals surface area contributed by atoms with Gasteiger partial charge >= 0.3 is 6.03 Å². The molecule has 0 saturated carbocycles. The van der Waals surface area contributed by atoms with Crippen molar-refractivity contribution in [1.82, 2.24) is 4.90 Å². The van der Waals surface area contributed by atoms with Crippen molar-refractivity contribution in [3.8, 4) is 0 Å². The van der Waals surface area contributed by atoms with Crippen LogP contribution >= 0.6 is 0 Å². The van der Waals surface area contributed by atoms with Crippen molar-refractivity contribution >= 4 is 6.03 Å². The number of hydrogen-bond acceptors (Lipinski definition) is 5. The van der Waals surface area contributed by atoms with Crippen molar-refractivity contribution in [2.45, 2.75) is 6.41 Å². The Bertz CT molecular complexity index is 173. The highest BCUT2D eigenvalue weighted by Gasteiger charge is 2.14. The first-order valence-corrected chi connectivity index (χ1v) is 2.49. The normalized spacial score (nSPS) is 9.36. The van der Waals surface area contributed by atoms with E-state index in [1.807, 2.05) is 0 Å². The van der Waals surface area contributed by atoms with E-state index in [4.69, 9.17) is 20.4 Å². The molecule has 0 heterocycles. The summed E-state index contributed by atoms with van der Waals surface area (Å²) in [5, 5.41) is 33.0. The van der Waals surface area contributed by atoms with Gasteiger partial charge in [-0.1, -0.05) is 0 Å². The van der Waals surface area contributed by atoms with Gasteiger partial charge in [-0.15, -0.1) is 0 Å². The van der Waals surface area contributed by atoms with Gasteiger partial charge in [-0.3, -0.25) is 0 Å². The van der Waals surface area contributed by atoms with Crippen LogP contribution in [0.5, 0.6) is 0 Å². The molecule has 0 aliphatic heterocycles. The van der Waals surface area contributed by atoms with E-state index in [1.165, 1.54) is 0 Å². The fraction of sp³-hybridized carbons (Fsp3) is 0.250. The molecule has 0 unspecified atom stereocenters. The summed E-state index contributed by atoms with van der Waals surface area (Å²) in [5.41, 5.74) is 4.59. The molecule has 0 bridgehead atoms. The average molecular weight is 164 g/mol. The van der Waals surface area contributed by atoms with Gasteiger partial charge in [0.2, 0.25) is 6.41 Å². The Morgan fingerprint density at radius 1 is 1.45 bits per heavy atom. The van der Waals surface area contributed by atoms with Gasteiger partial charge in [0.05, 0.1) is 6.20 Å². The first-order chi connectivity index (χ1) is 4.95. The monoisotopic (exact) mass is 164 g/mol. The van der Waals surface area contributed by atoms with Crippen LogP contribution in [0.2, 0.25) is 0 Å². The quantitative estimate of drug-likeness (QED) is 0.252. The predicted molar refractivity (Wildman–Crippen MR) is 33.0 cm³/mol. The molecule has 0 aromatic rings. The highest BCUT2D eigenvalue weighted by atomic mass is 16.5. The van der Waals surface area contributed by atoms with Gasteiger partial charge in [0, 0.05) is 0 Å². The van der Waals surface area contributed by atoms with Crippen molar-refractivity contribution in [1.29, 1.82) is 0 Å². The molecule has 6 N–H and O–H groups in total. The largest absolute Gasteiger partial charge is 0.480 e. The van der Waals surface area contributed by atoms with Gasteiger partial charge in [0.25, 0.3) is 5.95 Å². The number of primary amides is 1. The SMILES string of the molecule is NC(=O)N(C=C(O)O)C(O)O. The first kappa shape index (κ1) is 9.53. The van der Waals surface area contributed by atoms with Crippen LogP contribution in [-0.4, -0.2) is 37.8 Å². The topological polar surface area (TPSA) is 127 Å². The minimum absolute atomic E-state index is 0.120. The van der Waals surface area contributed by atoms with Gasteiger partial charge in [0.15, 0.2) is 0 Å². The molecule has 64 valence electrons. The third kappa shape index (κ3) is 3.28. The highest BCUT2D eigenvalue weighted by molar-refractivity contribution is 5.73. The van der Waals surface area contributed by atoms with Crippen LogP contribution in [0.25, 0.3) is 0 Å². The Kier molecular flexibility index (Phi) is 3.15. The molecular formula is C4H8N2O5. The van der Waals surface area contributed by atoms with Gasteiger partial charge < -0.3 is 26.2 Å². The van der Waals surface area contributed by atoms with E-state index in [1.54, 1.807) is 0 Å². The van der Waals surface area contributed by atoms with E-state index in [-0.39, 0.29) is 4.90 Å². The molecule has 0 atom stereocenters. The number of nitrogens with two attached hydrogens (primary N) is 1. The minimum atomic E-state index is -2.19. The summed E-state index contributed by atoms with van der Waals surface area (Å²) >= 11 is 0. The number of rotatable bonds is 2. The van der Waals surface area contributed by atoms with Crippen molar-refractivity contribution < 1.29 is 25.2 Å². The van der Waals surface area contributed by atoms with Crippen LogP contribution in [0.15, 0.2) is 12.1 Å². The van der Waals surface area contributed by atoms with Crippen LogP contribution in [0.4, 0.5) is 4.79 Å². The summed E-state index contributed by atoms with van der Waals surface area (Å²) in [6.45, 7) is 0. The zero-order valence-electron chi connectivity index (χ0n) is 5.38. The molecule has 0 aromatic carbocycles. The molecule has 0 aliphatic carbocycles. The molecule has 7 heteroatoms. The number of carbonyl (C=O) groups is 1. The van der Waals surface area contributed by atoms with Crippen LogP contribution < -0.4 is 5.73 Å². The Balaban J connectivity index is 4.36. The number of nitrogens with zero attached hydrogens (tertiary/aromatic N) is 1. The zero-order valence-corrected chi connectivity index (χ0v) is 5.38. The number of aliphatic hydroxyl groups is 4. The van der Waals surface area contributed by atoms with Crippen LogP contribution in [0.1, 0.15) is 0 Å². The standard InChI is InChI=1S/C4H8N2O5/c5-3(9)6(4(10)11)1-2(7)8/h1,4,7-8,10-11H,(H2,5,9). The summed E-state index contributed by atoms with van der Waals surface area (Å²) in [5.74, 6) is -1.25. The second-order valence-corrected chi connectivity index (χ2v) is 1.58. The Labute approximate surface area is 61.6 Å². The van der Waals surface area contributed by atoms with E-state index in [0.29, 0.717) is 6.20 Å². The van der Waals surface area contributed by atoms with E-state index < -0.39 is 18.4 Å². The molecule has 2 amide bonds. The van der Waals surface area contributed by atoms with Crippen LogP contribution in [0.3, 0.4) is 0 Å². The molecule has 0 aromatic heterocycles. The van der Waals surface area contributed by atoms with Gasteiger partial charge in [-0.05, 0) is 0 Å². The molecule has 0 rings (SSSR count). The molecule has 7 nitrogen and oxygen atoms in total. The van der Waals surface area contributed by atoms with Crippen molar-refractivity contribution in [2.75, 3.05) is 0 Å². The Hall–Kier alpha value is -1.47. The fourth-order valence-corrected chi connectivity index (χ4v) is 0.368. The molecule has 0 spiro atoms. The second-order valence-electron chi connectivity index (χ2n) is 1.58. The lowest BCUT2D eigenvalue weighted by molar-refractivity contribution is -0.116. The molecule has 0 fully saturated rings. The predicted octanol–water partition coefficient (Wildman–Crippen LogP) is -1.45. The highest BCUT2D eigenvalue weighted by Crippen LogP contribution is 1.95. The Morgan fingerprint density at radius 3 is 2.00 bits per heavy atom. The summed E-state index contributed by atoms with van der Waals surface area (Å²) in [4.78, 5) is 10.4. The third-order valence-electron chi connectivity index (χ3n) is 0.758. The fourth-order valence-electron chi connectivity index (χ4n) is 0.368. The summed E-state index contributed by atoms with van der Waals surface area (Å²) < 4.78 is 0. The zero-order chi connectivity index (χ0) is 9.02. The lowest BCUT2D eigenvalue weighted by Gasteiger charge is -2.16. The molecule has 0 aliphatic rings. The molecule has 11 heavy (non-hydrogen) atoms.